The van der Waals surface area contributed by atoms with E-state index in [0.717, 1.165) is 16.8 Å². The fourth-order valence-corrected chi connectivity index (χ4v) is 4.77. The largest absolute Gasteiger partial charge is 0.253 e. The highest BCUT2D eigenvalue weighted by Crippen LogP contribution is 2.23. The van der Waals surface area contributed by atoms with Gasteiger partial charge in [0.15, 0.2) is 15.5 Å². The van der Waals surface area contributed by atoms with Gasteiger partial charge in [-0.3, -0.25) is 4.98 Å². The van der Waals surface area contributed by atoms with Crippen molar-refractivity contribution in [3.8, 4) is 22.8 Å². The second-order valence-corrected chi connectivity index (χ2v) is 9.49. The minimum atomic E-state index is -3.41. The van der Waals surface area contributed by atoms with Crippen molar-refractivity contribution in [2.45, 2.75) is 17.6 Å². The first-order chi connectivity index (χ1) is 15.5. The maximum Gasteiger partial charge on any atom is 0.203 e. The number of aryl methyl sites for hydroxylation is 1. The van der Waals surface area contributed by atoms with Crippen LogP contribution in [-0.4, -0.2) is 33.2 Å². The first kappa shape index (κ1) is 20.0. The first-order valence-electron chi connectivity index (χ1n) is 10.0. The van der Waals surface area contributed by atoms with Crippen LogP contribution in [0.15, 0.2) is 90.0 Å². The molecule has 0 aliphatic rings. The molecular formula is C24H19N5O2S. The lowest BCUT2D eigenvalue weighted by molar-refractivity contribution is 0.595. The number of benzene rings is 2. The van der Waals surface area contributed by atoms with Gasteiger partial charge in [0.25, 0.3) is 0 Å². The lowest BCUT2D eigenvalue weighted by Gasteiger charge is -2.07. The van der Waals surface area contributed by atoms with Gasteiger partial charge in [-0.2, -0.15) is 9.61 Å². The summed E-state index contributed by atoms with van der Waals surface area (Å²) in [6.45, 7) is 1.93. The molecule has 158 valence electrons. The Labute approximate surface area is 185 Å². The predicted octanol–water partition coefficient (Wildman–Crippen LogP) is 4.14. The van der Waals surface area contributed by atoms with Crippen molar-refractivity contribution in [3.63, 3.8) is 0 Å². The lowest BCUT2D eigenvalue weighted by Crippen LogP contribution is -2.05. The quantitative estimate of drug-likeness (QED) is 0.407. The summed E-state index contributed by atoms with van der Waals surface area (Å²) >= 11 is 0. The van der Waals surface area contributed by atoms with Gasteiger partial charge in [0.2, 0.25) is 5.82 Å². The molecule has 0 amide bonds. The summed E-state index contributed by atoms with van der Waals surface area (Å²) in [4.78, 5) is 4.66. The minimum Gasteiger partial charge on any atom is -0.253 e. The molecule has 0 radical (unpaired) electrons. The van der Waals surface area contributed by atoms with Crippen molar-refractivity contribution in [3.05, 3.63) is 96.2 Å². The van der Waals surface area contributed by atoms with Gasteiger partial charge in [0.05, 0.1) is 16.3 Å². The summed E-state index contributed by atoms with van der Waals surface area (Å²) in [6, 6.07) is 23.6. The van der Waals surface area contributed by atoms with Crippen LogP contribution < -0.4 is 0 Å². The monoisotopic (exact) mass is 441 g/mol. The van der Waals surface area contributed by atoms with Crippen LogP contribution in [0.2, 0.25) is 0 Å². The van der Waals surface area contributed by atoms with Crippen LogP contribution in [0.5, 0.6) is 0 Å². The van der Waals surface area contributed by atoms with Crippen LogP contribution in [0.1, 0.15) is 11.1 Å². The number of fused-ring (bicyclic) bond motifs is 1. The molecule has 3 aromatic heterocycles. The van der Waals surface area contributed by atoms with Crippen molar-refractivity contribution < 1.29 is 8.42 Å². The third-order valence-electron chi connectivity index (χ3n) is 5.14. The molecule has 32 heavy (non-hydrogen) atoms. The van der Waals surface area contributed by atoms with Gasteiger partial charge < -0.3 is 0 Å². The lowest BCUT2D eigenvalue weighted by atomic mass is 10.1. The average molecular weight is 442 g/mol. The van der Waals surface area contributed by atoms with E-state index < -0.39 is 9.84 Å². The molecule has 0 saturated heterocycles. The Bertz CT molecular complexity index is 1490. The van der Waals surface area contributed by atoms with E-state index in [2.05, 4.69) is 20.3 Å². The molecule has 0 fully saturated rings. The van der Waals surface area contributed by atoms with E-state index in [1.54, 1.807) is 22.8 Å². The summed E-state index contributed by atoms with van der Waals surface area (Å²) in [5.41, 5.74) is 4.63. The van der Waals surface area contributed by atoms with Gasteiger partial charge >= 0.3 is 0 Å². The second kappa shape index (κ2) is 7.97. The molecule has 0 bridgehead atoms. The zero-order chi connectivity index (χ0) is 22.1. The molecule has 7 nitrogen and oxygen atoms in total. The zero-order valence-corrected chi connectivity index (χ0v) is 18.1. The van der Waals surface area contributed by atoms with Gasteiger partial charge in [-0.05, 0) is 48.9 Å². The van der Waals surface area contributed by atoms with Gasteiger partial charge in [-0.1, -0.05) is 48.0 Å². The maximum absolute atomic E-state index is 12.7. The topological polar surface area (TPSA) is 90.1 Å². The van der Waals surface area contributed by atoms with Gasteiger partial charge in [-0.15, -0.1) is 10.2 Å². The van der Waals surface area contributed by atoms with E-state index in [1.807, 2.05) is 73.7 Å². The fourth-order valence-electron chi connectivity index (χ4n) is 3.42. The fraction of sp³-hybridized carbons (Fsp3) is 0.0833. The van der Waals surface area contributed by atoms with Crippen molar-refractivity contribution in [2.24, 2.45) is 0 Å². The molecule has 5 rings (SSSR count). The Morgan fingerprint density at radius 1 is 0.812 bits per heavy atom. The summed E-state index contributed by atoms with van der Waals surface area (Å²) in [5.74, 6) is 0.501. The number of pyridine rings is 1. The van der Waals surface area contributed by atoms with E-state index >= 15 is 0 Å². The van der Waals surface area contributed by atoms with E-state index in [-0.39, 0.29) is 5.75 Å². The smallest absolute Gasteiger partial charge is 0.203 e. The Kier molecular flexibility index (Phi) is 4.99. The van der Waals surface area contributed by atoms with Crippen LogP contribution in [0.25, 0.3) is 28.4 Å². The number of aromatic nitrogens is 5. The molecule has 0 aliphatic carbocycles. The van der Waals surface area contributed by atoms with Crippen LogP contribution in [0.3, 0.4) is 0 Å². The van der Waals surface area contributed by atoms with Gasteiger partial charge in [-0.25, -0.2) is 8.42 Å². The Morgan fingerprint density at radius 2 is 1.59 bits per heavy atom. The SMILES string of the molecule is Cc1ccc(S(=O)(=O)Cc2ccc(-c3ccc4nnc(-c5ccccn5)n4n3)cc2)cc1. The van der Waals surface area contributed by atoms with Crippen LogP contribution in [0.4, 0.5) is 0 Å². The van der Waals surface area contributed by atoms with E-state index in [9.17, 15) is 8.42 Å². The third-order valence-corrected chi connectivity index (χ3v) is 6.85. The Balaban J connectivity index is 1.43. The van der Waals surface area contributed by atoms with Crippen LogP contribution in [-0.2, 0) is 15.6 Å². The molecule has 3 heterocycles. The van der Waals surface area contributed by atoms with Gasteiger partial charge in [0, 0.05) is 11.8 Å². The molecule has 0 saturated carbocycles. The number of hydrogen-bond donors (Lipinski definition) is 0. The van der Waals surface area contributed by atoms with Crippen LogP contribution in [0, 0.1) is 6.92 Å². The number of hydrogen-bond acceptors (Lipinski definition) is 6. The second-order valence-electron chi connectivity index (χ2n) is 7.50. The molecule has 8 heteroatoms. The van der Waals surface area contributed by atoms with Gasteiger partial charge in [0.1, 0.15) is 5.69 Å². The average Bonchev–Trinajstić information content (AvgIpc) is 3.23. The third kappa shape index (κ3) is 3.88. The summed E-state index contributed by atoms with van der Waals surface area (Å²) in [5, 5.41) is 13.0. The zero-order valence-electron chi connectivity index (χ0n) is 17.3. The highest BCUT2D eigenvalue weighted by molar-refractivity contribution is 7.90. The molecular weight excluding hydrogens is 422 g/mol. The van der Waals surface area contributed by atoms with Crippen LogP contribution >= 0.6 is 0 Å². The van der Waals surface area contributed by atoms with Crippen molar-refractivity contribution in [1.82, 2.24) is 24.8 Å². The van der Waals surface area contributed by atoms with Crippen molar-refractivity contribution in [2.75, 3.05) is 0 Å². The van der Waals surface area contributed by atoms with E-state index in [1.165, 1.54) is 0 Å². The highest BCUT2D eigenvalue weighted by Gasteiger charge is 2.16. The predicted molar refractivity (Wildman–Crippen MR) is 122 cm³/mol. The number of sulfone groups is 1. The normalized spacial score (nSPS) is 11.7. The number of nitrogens with zero attached hydrogens (tertiary/aromatic N) is 5. The molecule has 0 spiro atoms. The molecule has 5 aromatic rings. The molecule has 0 unspecified atom stereocenters. The highest BCUT2D eigenvalue weighted by atomic mass is 32.2. The minimum absolute atomic E-state index is 0.0575. The molecule has 0 N–H and O–H groups in total. The molecule has 0 aliphatic heterocycles. The van der Waals surface area contributed by atoms with Crippen molar-refractivity contribution in [1.29, 1.82) is 0 Å². The Morgan fingerprint density at radius 3 is 2.31 bits per heavy atom. The van der Waals surface area contributed by atoms with E-state index in [4.69, 9.17) is 0 Å². The maximum atomic E-state index is 12.7. The molecule has 0 atom stereocenters. The summed E-state index contributed by atoms with van der Waals surface area (Å²) < 4.78 is 27.1. The standard InChI is InChI=1S/C24H19N5O2S/c1-17-5-11-20(12-6-17)32(30,31)16-18-7-9-19(10-8-18)21-13-14-23-26-27-24(29(23)28-21)22-4-2-3-15-25-22/h2-15H,16H2,1H3. The summed E-state index contributed by atoms with van der Waals surface area (Å²) in [6.07, 6.45) is 1.70. The summed E-state index contributed by atoms with van der Waals surface area (Å²) in [7, 11) is -3.41. The van der Waals surface area contributed by atoms with Crippen molar-refractivity contribution >= 4 is 15.5 Å². The number of rotatable bonds is 5. The Hall–Kier alpha value is -3.91. The molecule has 2 aromatic carbocycles. The first-order valence-corrected chi connectivity index (χ1v) is 11.7. The van der Waals surface area contributed by atoms with E-state index in [0.29, 0.717) is 27.6 Å².